The molecule has 164 valence electrons. The van der Waals surface area contributed by atoms with Crippen LogP contribution in [-0.4, -0.2) is 75.9 Å². The second kappa shape index (κ2) is 9.24. The van der Waals surface area contributed by atoms with Gasteiger partial charge in [0.25, 0.3) is 0 Å². The second-order valence-corrected chi connectivity index (χ2v) is 8.49. The Morgan fingerprint density at radius 2 is 1.83 bits per heavy atom. The lowest BCUT2D eigenvalue weighted by Crippen LogP contribution is -2.59. The van der Waals surface area contributed by atoms with Crippen LogP contribution < -0.4 is 0 Å². The zero-order valence-corrected chi connectivity index (χ0v) is 17.1. The van der Waals surface area contributed by atoms with Crippen LogP contribution >= 0.6 is 0 Å². The van der Waals surface area contributed by atoms with Gasteiger partial charge in [-0.1, -0.05) is 24.1 Å². The summed E-state index contributed by atoms with van der Waals surface area (Å²) in [4.78, 5) is 12.0. The Labute approximate surface area is 170 Å². The minimum absolute atomic E-state index is 0.127. The Hall–Kier alpha value is -1.29. The molecule has 3 aliphatic rings. The summed E-state index contributed by atoms with van der Waals surface area (Å²) in [5.41, 5.74) is 2.06. The molecule has 2 saturated heterocycles. The van der Waals surface area contributed by atoms with Gasteiger partial charge in [-0.15, -0.1) is 0 Å². The van der Waals surface area contributed by atoms with Crippen molar-refractivity contribution in [2.24, 2.45) is 11.8 Å². The van der Waals surface area contributed by atoms with Crippen LogP contribution in [0.25, 0.3) is 0 Å². The number of hydrogen-bond acceptors (Lipinski definition) is 8. The van der Waals surface area contributed by atoms with E-state index in [9.17, 15) is 25.2 Å². The second-order valence-electron chi connectivity index (χ2n) is 8.49. The van der Waals surface area contributed by atoms with Crippen molar-refractivity contribution in [2.75, 3.05) is 6.61 Å². The minimum atomic E-state index is -1.48. The van der Waals surface area contributed by atoms with Crippen LogP contribution in [0.3, 0.4) is 0 Å². The quantitative estimate of drug-likeness (QED) is 0.388. The van der Waals surface area contributed by atoms with Crippen LogP contribution in [0.15, 0.2) is 23.3 Å². The van der Waals surface area contributed by atoms with Gasteiger partial charge in [0.05, 0.1) is 18.6 Å². The number of aliphatic hydroxyl groups excluding tert-OH is 4. The van der Waals surface area contributed by atoms with Crippen molar-refractivity contribution in [2.45, 2.75) is 82.9 Å². The van der Waals surface area contributed by atoms with E-state index in [1.54, 1.807) is 0 Å². The third-order valence-corrected chi connectivity index (χ3v) is 6.16. The van der Waals surface area contributed by atoms with E-state index >= 15 is 0 Å². The van der Waals surface area contributed by atoms with Gasteiger partial charge in [0.1, 0.15) is 30.5 Å². The Morgan fingerprint density at radius 1 is 1.10 bits per heavy atom. The normalized spacial score (nSPS) is 43.8. The molecule has 8 nitrogen and oxygen atoms in total. The summed E-state index contributed by atoms with van der Waals surface area (Å²) < 4.78 is 17.0. The third-order valence-electron chi connectivity index (χ3n) is 6.16. The SMILES string of the molecule is CC1=CC(OC2OC(CO)C(O)C(O)C2O)CC(C)=CC2OC(=O)C(C)C2CC1. The lowest BCUT2D eigenvalue weighted by molar-refractivity contribution is -0.307. The highest BCUT2D eigenvalue weighted by Crippen LogP contribution is 2.35. The number of rotatable bonds is 3. The standard InChI is InChI=1S/C21H32O8/c1-10-4-5-14-12(3)20(26)28-15(14)8-11(2)7-13(6-10)27-21-19(25)18(24)17(23)16(9-22)29-21/h6,8,12-19,21-25H,4-5,7,9H2,1-3H3. The fourth-order valence-electron chi connectivity index (χ4n) is 4.32. The van der Waals surface area contributed by atoms with Gasteiger partial charge in [-0.3, -0.25) is 4.79 Å². The summed E-state index contributed by atoms with van der Waals surface area (Å²) in [7, 11) is 0. The fraction of sp³-hybridized carbons (Fsp3) is 0.762. The van der Waals surface area contributed by atoms with Crippen LogP contribution in [-0.2, 0) is 19.0 Å². The molecule has 0 bridgehead atoms. The maximum atomic E-state index is 12.0. The number of esters is 1. The van der Waals surface area contributed by atoms with E-state index in [-0.39, 0.29) is 23.9 Å². The summed E-state index contributed by atoms with van der Waals surface area (Å²) in [5.74, 6) is -0.153. The van der Waals surface area contributed by atoms with Crippen molar-refractivity contribution in [1.82, 2.24) is 0 Å². The summed E-state index contributed by atoms with van der Waals surface area (Å²) in [6.45, 7) is 5.33. The molecule has 0 saturated carbocycles. The first-order chi connectivity index (χ1) is 13.7. The molecule has 0 spiro atoms. The zero-order chi connectivity index (χ0) is 21.3. The van der Waals surface area contributed by atoms with Crippen LogP contribution in [0.5, 0.6) is 0 Å². The average Bonchev–Trinajstić information content (AvgIpc) is 2.93. The number of carbonyl (C=O) groups excluding carboxylic acids is 1. The van der Waals surface area contributed by atoms with Crippen molar-refractivity contribution in [1.29, 1.82) is 0 Å². The van der Waals surface area contributed by atoms with Gasteiger partial charge < -0.3 is 34.6 Å². The Kier molecular flexibility index (Phi) is 7.14. The summed E-state index contributed by atoms with van der Waals surface area (Å²) in [6, 6.07) is 0. The van der Waals surface area contributed by atoms with Gasteiger partial charge >= 0.3 is 5.97 Å². The maximum absolute atomic E-state index is 12.0. The van der Waals surface area contributed by atoms with Crippen LogP contribution in [0.2, 0.25) is 0 Å². The zero-order valence-electron chi connectivity index (χ0n) is 17.1. The Morgan fingerprint density at radius 3 is 2.52 bits per heavy atom. The van der Waals surface area contributed by atoms with Crippen molar-refractivity contribution < 1.29 is 39.4 Å². The minimum Gasteiger partial charge on any atom is -0.458 e. The van der Waals surface area contributed by atoms with E-state index in [4.69, 9.17) is 14.2 Å². The number of ether oxygens (including phenoxy) is 3. The largest absolute Gasteiger partial charge is 0.458 e. The molecule has 0 aromatic rings. The molecule has 2 heterocycles. The molecule has 0 aromatic heterocycles. The first-order valence-electron chi connectivity index (χ1n) is 10.2. The molecule has 0 amide bonds. The number of hydrogen-bond donors (Lipinski definition) is 4. The van der Waals surface area contributed by atoms with E-state index in [1.165, 1.54) is 0 Å². The van der Waals surface area contributed by atoms with Crippen molar-refractivity contribution in [3.05, 3.63) is 23.3 Å². The topological polar surface area (TPSA) is 126 Å². The predicted molar refractivity (Wildman–Crippen MR) is 103 cm³/mol. The molecule has 8 heteroatoms. The Bertz CT molecular complexity index is 657. The molecule has 0 radical (unpaired) electrons. The number of fused-ring (bicyclic) bond motifs is 1. The first kappa shape index (κ1) is 22.4. The number of aliphatic hydroxyl groups is 4. The van der Waals surface area contributed by atoms with E-state index in [2.05, 4.69) is 0 Å². The average molecular weight is 412 g/mol. The highest BCUT2D eigenvalue weighted by atomic mass is 16.7. The van der Waals surface area contributed by atoms with Gasteiger partial charge in [0, 0.05) is 5.92 Å². The Balaban J connectivity index is 1.76. The van der Waals surface area contributed by atoms with Gasteiger partial charge in [-0.05, 0) is 39.2 Å². The molecule has 29 heavy (non-hydrogen) atoms. The smallest absolute Gasteiger partial charge is 0.309 e. The van der Waals surface area contributed by atoms with Crippen molar-refractivity contribution in [3.8, 4) is 0 Å². The fourth-order valence-corrected chi connectivity index (χ4v) is 4.32. The molecule has 4 N–H and O–H groups in total. The van der Waals surface area contributed by atoms with E-state index in [0.29, 0.717) is 6.42 Å². The molecule has 2 fully saturated rings. The van der Waals surface area contributed by atoms with Crippen molar-refractivity contribution in [3.63, 3.8) is 0 Å². The summed E-state index contributed by atoms with van der Waals surface area (Å²) in [5, 5.41) is 39.5. The molecule has 9 unspecified atom stereocenters. The monoisotopic (exact) mass is 412 g/mol. The third kappa shape index (κ3) is 4.90. The van der Waals surface area contributed by atoms with Gasteiger partial charge in [-0.2, -0.15) is 0 Å². The van der Waals surface area contributed by atoms with E-state index in [1.807, 2.05) is 32.9 Å². The molecule has 9 atom stereocenters. The van der Waals surface area contributed by atoms with Gasteiger partial charge in [0.2, 0.25) is 0 Å². The lowest BCUT2D eigenvalue weighted by atomic mass is 9.84. The molecule has 3 rings (SSSR count). The lowest BCUT2D eigenvalue weighted by Gasteiger charge is -2.40. The van der Waals surface area contributed by atoms with Gasteiger partial charge in [-0.25, -0.2) is 0 Å². The summed E-state index contributed by atoms with van der Waals surface area (Å²) >= 11 is 0. The predicted octanol–water partition coefficient (Wildman–Crippen LogP) is 0.426. The van der Waals surface area contributed by atoms with E-state index < -0.39 is 43.4 Å². The van der Waals surface area contributed by atoms with Gasteiger partial charge in [0.15, 0.2) is 6.29 Å². The molecular weight excluding hydrogens is 380 g/mol. The summed E-state index contributed by atoms with van der Waals surface area (Å²) in [6.07, 6.45) is -1.24. The first-order valence-corrected chi connectivity index (χ1v) is 10.2. The van der Waals surface area contributed by atoms with E-state index in [0.717, 1.165) is 24.0 Å². The highest BCUT2D eigenvalue weighted by molar-refractivity contribution is 5.75. The number of allylic oxidation sites excluding steroid dienone is 1. The molecule has 1 aliphatic carbocycles. The van der Waals surface area contributed by atoms with Crippen LogP contribution in [0, 0.1) is 11.8 Å². The molecule has 2 aliphatic heterocycles. The highest BCUT2D eigenvalue weighted by Gasteiger charge is 2.45. The molecule has 0 aromatic carbocycles. The maximum Gasteiger partial charge on any atom is 0.309 e. The van der Waals surface area contributed by atoms with Crippen LogP contribution in [0.1, 0.15) is 40.0 Å². The number of carbonyl (C=O) groups is 1. The van der Waals surface area contributed by atoms with Crippen LogP contribution in [0.4, 0.5) is 0 Å². The molecular formula is C21H32O8. The van der Waals surface area contributed by atoms with Crippen molar-refractivity contribution >= 4 is 5.97 Å².